The van der Waals surface area contributed by atoms with Crippen molar-refractivity contribution in [2.75, 3.05) is 14.2 Å². The molecule has 0 aliphatic heterocycles. The van der Waals surface area contributed by atoms with E-state index in [1.807, 2.05) is 0 Å². The van der Waals surface area contributed by atoms with E-state index in [-0.39, 0.29) is 23.7 Å². The second-order valence-corrected chi connectivity index (χ2v) is 7.45. The molecule has 0 aromatic carbocycles. The third-order valence-corrected chi connectivity index (χ3v) is 5.12. The van der Waals surface area contributed by atoms with Crippen molar-refractivity contribution in [3.63, 3.8) is 0 Å². The summed E-state index contributed by atoms with van der Waals surface area (Å²) in [7, 11) is 2.93. The van der Waals surface area contributed by atoms with Crippen molar-refractivity contribution in [1.82, 2.24) is 0 Å². The van der Waals surface area contributed by atoms with Gasteiger partial charge in [0.25, 0.3) is 0 Å². The van der Waals surface area contributed by atoms with Gasteiger partial charge in [0.1, 0.15) is 6.10 Å². The molecule has 2 aliphatic carbocycles. The Labute approximate surface area is 104 Å². The molecule has 0 bridgehead atoms. The number of halogens is 2. The van der Waals surface area contributed by atoms with E-state index < -0.39 is 15.1 Å². The molecule has 0 amide bonds. The molecule has 0 saturated heterocycles. The molecule has 2 aliphatic rings. The van der Waals surface area contributed by atoms with Crippen LogP contribution in [-0.2, 0) is 19.1 Å². The minimum absolute atomic E-state index is 0.0438. The van der Waals surface area contributed by atoms with Crippen LogP contribution in [-0.4, -0.2) is 41.2 Å². The Kier molecular flexibility index (Phi) is 2.82. The highest BCUT2D eigenvalue weighted by Crippen LogP contribution is 2.66. The molecule has 0 aromatic heterocycles. The van der Waals surface area contributed by atoms with E-state index >= 15 is 0 Å². The lowest BCUT2D eigenvalue weighted by molar-refractivity contribution is -0.154. The van der Waals surface area contributed by atoms with Gasteiger partial charge in [0, 0.05) is 20.1 Å². The summed E-state index contributed by atoms with van der Waals surface area (Å²) in [6.45, 7) is 0. The summed E-state index contributed by atoms with van der Waals surface area (Å²) in [5.41, 5.74) is 0. The van der Waals surface area contributed by atoms with Crippen LogP contribution >= 0.6 is 31.9 Å². The highest BCUT2D eigenvalue weighted by Gasteiger charge is 2.74. The van der Waals surface area contributed by atoms with Crippen LogP contribution in [0.25, 0.3) is 0 Å². The SMILES string of the molecule is CO[C@@H]1[C@H]2[C@H](C(=O)C(=O)[C@@H]1OC)C2(Br)Br. The number of carbonyl (C=O) groups is 2. The van der Waals surface area contributed by atoms with E-state index in [9.17, 15) is 9.59 Å². The van der Waals surface area contributed by atoms with Gasteiger partial charge >= 0.3 is 0 Å². The fourth-order valence-electron chi connectivity index (χ4n) is 2.24. The number of methoxy groups -OCH3 is 2. The second kappa shape index (κ2) is 3.61. The van der Waals surface area contributed by atoms with Crippen LogP contribution in [0, 0.1) is 11.8 Å². The Bertz CT molecular complexity index is 328. The molecular formula is C9H10Br2O4. The number of hydrogen-bond donors (Lipinski definition) is 0. The van der Waals surface area contributed by atoms with Gasteiger partial charge in [0.2, 0.25) is 11.6 Å². The van der Waals surface area contributed by atoms with Crippen molar-refractivity contribution < 1.29 is 19.1 Å². The molecule has 0 N–H and O–H groups in total. The van der Waals surface area contributed by atoms with Crippen molar-refractivity contribution in [3.05, 3.63) is 0 Å². The molecule has 2 saturated carbocycles. The maximum atomic E-state index is 11.7. The maximum Gasteiger partial charge on any atom is 0.230 e. The topological polar surface area (TPSA) is 52.6 Å². The predicted octanol–water partition coefficient (Wildman–Crippen LogP) is 0.900. The predicted molar refractivity (Wildman–Crippen MR) is 59.2 cm³/mol. The van der Waals surface area contributed by atoms with Gasteiger partial charge in [-0.3, -0.25) is 9.59 Å². The molecule has 4 atom stereocenters. The van der Waals surface area contributed by atoms with Gasteiger partial charge in [-0.15, -0.1) is 0 Å². The third-order valence-electron chi connectivity index (χ3n) is 3.07. The smallest absolute Gasteiger partial charge is 0.230 e. The van der Waals surface area contributed by atoms with E-state index in [4.69, 9.17) is 9.47 Å². The summed E-state index contributed by atoms with van der Waals surface area (Å²) < 4.78 is 9.78. The first-order valence-electron chi connectivity index (χ1n) is 4.48. The third kappa shape index (κ3) is 1.45. The van der Waals surface area contributed by atoms with Crippen molar-refractivity contribution in [2.45, 2.75) is 15.4 Å². The van der Waals surface area contributed by atoms with E-state index in [2.05, 4.69) is 31.9 Å². The summed E-state index contributed by atoms with van der Waals surface area (Å²) in [5, 5.41) is 0. The molecule has 84 valence electrons. The van der Waals surface area contributed by atoms with Crippen LogP contribution in [0.3, 0.4) is 0 Å². The normalized spacial score (nSPS) is 42.7. The molecule has 0 unspecified atom stereocenters. The van der Waals surface area contributed by atoms with Crippen molar-refractivity contribution >= 4 is 43.4 Å². The van der Waals surface area contributed by atoms with Gasteiger partial charge in [0.05, 0.1) is 15.3 Å². The van der Waals surface area contributed by atoms with Gasteiger partial charge in [-0.2, -0.15) is 0 Å². The van der Waals surface area contributed by atoms with Crippen molar-refractivity contribution in [3.8, 4) is 0 Å². The van der Waals surface area contributed by atoms with Gasteiger partial charge in [-0.25, -0.2) is 0 Å². The first-order chi connectivity index (χ1) is 6.96. The van der Waals surface area contributed by atoms with Crippen molar-refractivity contribution in [2.24, 2.45) is 11.8 Å². The molecule has 6 heteroatoms. The first kappa shape index (κ1) is 11.7. The fraction of sp³-hybridized carbons (Fsp3) is 0.778. The summed E-state index contributed by atoms with van der Waals surface area (Å²) in [6, 6.07) is 0. The molecule has 0 spiro atoms. The molecule has 0 heterocycles. The van der Waals surface area contributed by atoms with Gasteiger partial charge in [-0.05, 0) is 0 Å². The minimum atomic E-state index is -0.777. The van der Waals surface area contributed by atoms with Crippen LogP contribution in [0.5, 0.6) is 0 Å². The summed E-state index contributed by atoms with van der Waals surface area (Å²) in [6.07, 6.45) is -1.15. The van der Waals surface area contributed by atoms with E-state index in [0.29, 0.717) is 0 Å². The van der Waals surface area contributed by atoms with Crippen LogP contribution in [0.4, 0.5) is 0 Å². The van der Waals surface area contributed by atoms with Gasteiger partial charge in [-0.1, -0.05) is 31.9 Å². The van der Waals surface area contributed by atoms with Crippen LogP contribution < -0.4 is 0 Å². The first-order valence-corrected chi connectivity index (χ1v) is 6.06. The highest BCUT2D eigenvalue weighted by molar-refractivity contribution is 9.25. The Hall–Kier alpha value is 0.220. The molecule has 0 aromatic rings. The second-order valence-electron chi connectivity index (χ2n) is 3.76. The van der Waals surface area contributed by atoms with Crippen molar-refractivity contribution in [1.29, 1.82) is 0 Å². The average Bonchev–Trinajstić information content (AvgIpc) is 2.75. The largest absolute Gasteiger partial charge is 0.378 e. The number of alkyl halides is 2. The monoisotopic (exact) mass is 340 g/mol. The van der Waals surface area contributed by atoms with E-state index in [1.165, 1.54) is 14.2 Å². The highest BCUT2D eigenvalue weighted by atomic mass is 79.9. The lowest BCUT2D eigenvalue weighted by Crippen LogP contribution is -2.47. The number of fused-ring (bicyclic) bond motifs is 1. The number of Topliss-reactive ketones (excluding diaryl/α,β-unsaturated/α-hetero) is 2. The summed E-state index contributed by atoms with van der Waals surface area (Å²) in [4.78, 5) is 23.3. The Morgan fingerprint density at radius 1 is 1.13 bits per heavy atom. The standard InChI is InChI=1S/C9H10Br2O4/c1-14-7-4-3(9(4,10)11)5(12)6(13)8(7)15-2/h3-4,7-8H,1-2H3/t3-,4-,7-,8+/m1/s1. The zero-order chi connectivity index (χ0) is 11.4. The average molecular weight is 342 g/mol. The molecule has 15 heavy (non-hydrogen) atoms. The van der Waals surface area contributed by atoms with Crippen LogP contribution in [0.15, 0.2) is 0 Å². The summed E-state index contributed by atoms with van der Waals surface area (Å²) in [5.74, 6) is -1.25. The number of rotatable bonds is 2. The van der Waals surface area contributed by atoms with E-state index in [0.717, 1.165) is 0 Å². The number of carbonyl (C=O) groups excluding carboxylic acids is 2. The molecule has 4 nitrogen and oxygen atoms in total. The quantitative estimate of drug-likeness (QED) is 0.553. The zero-order valence-corrected chi connectivity index (χ0v) is 11.4. The van der Waals surface area contributed by atoms with Gasteiger partial charge in [0.15, 0.2) is 0 Å². The number of ether oxygens (including phenoxy) is 2. The minimum Gasteiger partial charge on any atom is -0.378 e. The molecule has 0 radical (unpaired) electrons. The zero-order valence-electron chi connectivity index (χ0n) is 8.20. The van der Waals surface area contributed by atoms with Crippen LogP contribution in [0.1, 0.15) is 0 Å². The molecule has 2 fully saturated rings. The molecular weight excluding hydrogens is 332 g/mol. The fourth-order valence-corrected chi connectivity index (χ4v) is 4.01. The lowest BCUT2D eigenvalue weighted by atomic mass is 9.92. The lowest BCUT2D eigenvalue weighted by Gasteiger charge is -2.26. The van der Waals surface area contributed by atoms with Crippen LogP contribution in [0.2, 0.25) is 0 Å². The Morgan fingerprint density at radius 3 is 2.20 bits per heavy atom. The summed E-state index contributed by atoms with van der Waals surface area (Å²) >= 11 is 6.79. The number of ketones is 2. The Morgan fingerprint density at radius 2 is 1.73 bits per heavy atom. The van der Waals surface area contributed by atoms with E-state index in [1.54, 1.807) is 0 Å². The van der Waals surface area contributed by atoms with Gasteiger partial charge < -0.3 is 9.47 Å². The Balaban J connectivity index is 2.33. The maximum absolute atomic E-state index is 11.7. The molecule has 2 rings (SSSR count). The number of hydrogen-bond acceptors (Lipinski definition) is 4.